The zero-order valence-corrected chi connectivity index (χ0v) is 13.0. The van der Waals surface area contributed by atoms with Gasteiger partial charge in [-0.15, -0.1) is 0 Å². The number of carboxylic acids is 1. The summed E-state index contributed by atoms with van der Waals surface area (Å²) in [6.45, 7) is 9.58. The number of halogens is 1. The first kappa shape index (κ1) is 16.0. The van der Waals surface area contributed by atoms with Crippen LogP contribution < -0.4 is 0 Å². The minimum atomic E-state index is -1.22. The lowest BCUT2D eigenvalue weighted by Gasteiger charge is -2.38. The first-order chi connectivity index (χ1) is 9.77. The molecule has 0 aliphatic carbocycles. The third-order valence-electron chi connectivity index (χ3n) is 4.48. The molecule has 1 aliphatic heterocycles. The predicted octanol–water partition coefficient (Wildman–Crippen LogP) is 3.78. The fourth-order valence-electron chi connectivity index (χ4n) is 3.05. The first-order valence-corrected chi connectivity index (χ1v) is 7.51. The summed E-state index contributed by atoms with van der Waals surface area (Å²) in [6.07, 6.45) is 2.33. The number of nitrogens with zero attached hydrogens (tertiary/aromatic N) is 1. The van der Waals surface area contributed by atoms with Gasteiger partial charge in [0, 0.05) is 6.54 Å². The van der Waals surface area contributed by atoms with Gasteiger partial charge in [-0.05, 0) is 55.0 Å². The van der Waals surface area contributed by atoms with Crippen molar-refractivity contribution in [2.24, 2.45) is 11.3 Å². The lowest BCUT2D eigenvalue weighted by molar-refractivity contribution is 0.0692. The third kappa shape index (κ3) is 4.03. The normalized spacial score (nSPS) is 17.9. The number of rotatable bonds is 3. The Morgan fingerprint density at radius 3 is 2.43 bits per heavy atom. The van der Waals surface area contributed by atoms with E-state index >= 15 is 0 Å². The highest BCUT2D eigenvalue weighted by Gasteiger charge is 2.28. The van der Waals surface area contributed by atoms with Crippen molar-refractivity contribution in [3.8, 4) is 0 Å². The molecule has 4 heteroatoms. The van der Waals surface area contributed by atoms with Crippen molar-refractivity contribution in [3.63, 3.8) is 0 Å². The predicted molar refractivity (Wildman–Crippen MR) is 80.8 cm³/mol. The van der Waals surface area contributed by atoms with Gasteiger partial charge in [-0.2, -0.15) is 0 Å². The molecular weight excluding hydrogens is 269 g/mol. The number of piperidine rings is 1. The van der Waals surface area contributed by atoms with Gasteiger partial charge < -0.3 is 5.11 Å². The van der Waals surface area contributed by atoms with Crippen LogP contribution in [0, 0.1) is 17.2 Å². The summed E-state index contributed by atoms with van der Waals surface area (Å²) in [4.78, 5) is 13.1. The smallest absolute Gasteiger partial charge is 0.338 e. The molecule has 0 unspecified atom stereocenters. The molecule has 1 aromatic rings. The maximum Gasteiger partial charge on any atom is 0.338 e. The van der Waals surface area contributed by atoms with Gasteiger partial charge in [0.2, 0.25) is 0 Å². The fraction of sp³-hybridized carbons (Fsp3) is 0.588. The molecule has 1 aromatic carbocycles. The molecule has 0 radical (unpaired) electrons. The molecule has 0 atom stereocenters. The van der Waals surface area contributed by atoms with Crippen molar-refractivity contribution < 1.29 is 14.3 Å². The van der Waals surface area contributed by atoms with Crippen molar-refractivity contribution in [2.75, 3.05) is 13.1 Å². The first-order valence-electron chi connectivity index (χ1n) is 7.51. The molecule has 0 spiro atoms. The van der Waals surface area contributed by atoms with Crippen LogP contribution in [-0.4, -0.2) is 29.1 Å². The number of carboxylic acid groups (broad SMARTS) is 1. The number of aromatic carboxylic acids is 1. The van der Waals surface area contributed by atoms with E-state index in [0.29, 0.717) is 12.0 Å². The van der Waals surface area contributed by atoms with Crippen molar-refractivity contribution >= 4 is 5.97 Å². The van der Waals surface area contributed by atoms with Crippen LogP contribution in [0.25, 0.3) is 0 Å². The molecule has 1 fully saturated rings. The van der Waals surface area contributed by atoms with E-state index in [1.54, 1.807) is 6.07 Å². The summed E-state index contributed by atoms with van der Waals surface area (Å²) < 4.78 is 13.7. The molecule has 0 aromatic heterocycles. The highest BCUT2D eigenvalue weighted by atomic mass is 19.1. The molecule has 1 N–H and O–H groups in total. The molecule has 0 bridgehead atoms. The lowest BCUT2D eigenvalue weighted by atomic mass is 9.75. The van der Waals surface area contributed by atoms with Gasteiger partial charge in [-0.3, -0.25) is 4.90 Å². The molecule has 1 heterocycles. The van der Waals surface area contributed by atoms with Gasteiger partial charge >= 0.3 is 5.97 Å². The maximum atomic E-state index is 13.7. The van der Waals surface area contributed by atoms with Gasteiger partial charge in [0.1, 0.15) is 5.82 Å². The van der Waals surface area contributed by atoms with Gasteiger partial charge in [0.05, 0.1) is 5.56 Å². The van der Waals surface area contributed by atoms with Crippen LogP contribution in [-0.2, 0) is 6.54 Å². The average Bonchev–Trinajstić information content (AvgIpc) is 2.38. The highest BCUT2D eigenvalue weighted by Crippen LogP contribution is 2.34. The standard InChI is InChI=1S/C17H24FNO2/c1-17(2,3)13-6-8-19(9-7-13)11-12-4-5-14(16(20)21)15(18)10-12/h4-5,10,13H,6-9,11H2,1-3H3,(H,20,21). The topological polar surface area (TPSA) is 40.5 Å². The van der Waals surface area contributed by atoms with E-state index in [9.17, 15) is 9.18 Å². The molecular formula is C17H24FNO2. The maximum absolute atomic E-state index is 13.7. The average molecular weight is 293 g/mol. The van der Waals surface area contributed by atoms with E-state index in [4.69, 9.17) is 5.11 Å². The van der Waals surface area contributed by atoms with Gasteiger partial charge in [0.15, 0.2) is 0 Å². The van der Waals surface area contributed by atoms with Crippen LogP contribution >= 0.6 is 0 Å². The van der Waals surface area contributed by atoms with E-state index in [1.165, 1.54) is 25.0 Å². The number of carbonyl (C=O) groups is 1. The summed E-state index contributed by atoms with van der Waals surface area (Å²) in [5.74, 6) is -1.13. The van der Waals surface area contributed by atoms with Crippen molar-refractivity contribution in [3.05, 3.63) is 35.1 Å². The minimum absolute atomic E-state index is 0.259. The number of hydrogen-bond acceptors (Lipinski definition) is 2. The number of likely N-dealkylation sites (tertiary alicyclic amines) is 1. The molecule has 3 nitrogen and oxygen atoms in total. The molecule has 1 saturated heterocycles. The molecule has 2 rings (SSSR count). The van der Waals surface area contributed by atoms with Crippen molar-refractivity contribution in [2.45, 2.75) is 40.2 Å². The van der Waals surface area contributed by atoms with Crippen LogP contribution in [0.15, 0.2) is 18.2 Å². The largest absolute Gasteiger partial charge is 0.478 e. The molecule has 21 heavy (non-hydrogen) atoms. The Bertz CT molecular complexity index is 514. The SMILES string of the molecule is CC(C)(C)C1CCN(Cc2ccc(C(=O)O)c(F)c2)CC1. The molecule has 0 amide bonds. The Balaban J connectivity index is 1.95. The summed E-state index contributed by atoms with van der Waals surface area (Å²) >= 11 is 0. The Morgan fingerprint density at radius 2 is 1.95 bits per heavy atom. The van der Waals surface area contributed by atoms with Gasteiger partial charge in [-0.1, -0.05) is 26.8 Å². The highest BCUT2D eigenvalue weighted by molar-refractivity contribution is 5.87. The second kappa shape index (κ2) is 6.14. The second-order valence-corrected chi connectivity index (χ2v) is 7.04. The van der Waals surface area contributed by atoms with Crippen LogP contribution in [0.3, 0.4) is 0 Å². The van der Waals surface area contributed by atoms with Crippen LogP contribution in [0.4, 0.5) is 4.39 Å². The zero-order chi connectivity index (χ0) is 15.6. The van der Waals surface area contributed by atoms with E-state index in [0.717, 1.165) is 24.6 Å². The summed E-state index contributed by atoms with van der Waals surface area (Å²) in [5, 5.41) is 8.83. The second-order valence-electron chi connectivity index (χ2n) is 7.04. The Kier molecular flexibility index (Phi) is 4.67. The molecule has 1 aliphatic rings. The molecule has 116 valence electrons. The monoisotopic (exact) mass is 293 g/mol. The van der Waals surface area contributed by atoms with Gasteiger partial charge in [-0.25, -0.2) is 9.18 Å². The zero-order valence-electron chi connectivity index (χ0n) is 13.0. The van der Waals surface area contributed by atoms with Gasteiger partial charge in [0.25, 0.3) is 0 Å². The summed E-state index contributed by atoms with van der Waals surface area (Å²) in [6, 6.07) is 4.41. The third-order valence-corrected chi connectivity index (χ3v) is 4.48. The van der Waals surface area contributed by atoms with Crippen molar-refractivity contribution in [1.82, 2.24) is 4.90 Å². The van der Waals surface area contributed by atoms with Crippen LogP contribution in [0.2, 0.25) is 0 Å². The van der Waals surface area contributed by atoms with E-state index in [2.05, 4.69) is 25.7 Å². The van der Waals surface area contributed by atoms with Crippen LogP contribution in [0.5, 0.6) is 0 Å². The van der Waals surface area contributed by atoms with Crippen molar-refractivity contribution in [1.29, 1.82) is 0 Å². The quantitative estimate of drug-likeness (QED) is 0.922. The Labute approximate surface area is 125 Å². The van der Waals surface area contributed by atoms with E-state index in [1.807, 2.05) is 0 Å². The Morgan fingerprint density at radius 1 is 1.33 bits per heavy atom. The summed E-state index contributed by atoms with van der Waals surface area (Å²) in [5.41, 5.74) is 0.929. The number of benzene rings is 1. The molecule has 0 saturated carbocycles. The summed E-state index contributed by atoms with van der Waals surface area (Å²) in [7, 11) is 0. The fourth-order valence-corrected chi connectivity index (χ4v) is 3.05. The van der Waals surface area contributed by atoms with E-state index < -0.39 is 11.8 Å². The minimum Gasteiger partial charge on any atom is -0.478 e. The van der Waals surface area contributed by atoms with E-state index in [-0.39, 0.29) is 5.56 Å². The lowest BCUT2D eigenvalue weighted by Crippen LogP contribution is -2.37. The van der Waals surface area contributed by atoms with Crippen LogP contribution in [0.1, 0.15) is 49.5 Å². The number of hydrogen-bond donors (Lipinski definition) is 1. The Hall–Kier alpha value is -1.42.